The molecule has 4 aromatic heterocycles. The average molecular weight is 619 g/mol. The van der Waals surface area contributed by atoms with Gasteiger partial charge in [0, 0.05) is 28.0 Å². The fourth-order valence-corrected chi connectivity index (χ4v) is 4.94. The number of ether oxygens (including phenoxy) is 1. The maximum Gasteiger partial charge on any atom is 0.419 e. The van der Waals surface area contributed by atoms with E-state index >= 15 is 0 Å². The molecule has 0 aliphatic heterocycles. The summed E-state index contributed by atoms with van der Waals surface area (Å²) in [5, 5.41) is 0. The van der Waals surface area contributed by atoms with Crippen LogP contribution in [0.4, 0.5) is 13.2 Å². The Morgan fingerprint density at radius 3 is 2.15 bits per heavy atom. The third-order valence-corrected chi connectivity index (χ3v) is 6.66. The predicted molar refractivity (Wildman–Crippen MR) is 153 cm³/mol. The van der Waals surface area contributed by atoms with Gasteiger partial charge in [-0.05, 0) is 78.9 Å². The number of H-pyrrole nitrogens is 2. The molecule has 212 valence electrons. The number of pyridine rings is 2. The molecule has 0 saturated carbocycles. The number of benzene rings is 1. The van der Waals surface area contributed by atoms with Gasteiger partial charge in [0.25, 0.3) is 0 Å². The molecule has 0 aliphatic rings. The first-order chi connectivity index (χ1) is 18.7. The summed E-state index contributed by atoms with van der Waals surface area (Å²) in [5.74, 6) is 1.61. The zero-order valence-corrected chi connectivity index (χ0v) is 24.4. The van der Waals surface area contributed by atoms with E-state index in [0.29, 0.717) is 40.5 Å². The Hall–Kier alpha value is -3.51. The van der Waals surface area contributed by atoms with Crippen molar-refractivity contribution in [1.29, 1.82) is 0 Å². The van der Waals surface area contributed by atoms with E-state index in [1.165, 1.54) is 12.3 Å². The Kier molecular flexibility index (Phi) is 8.50. The lowest BCUT2D eigenvalue weighted by atomic mass is 9.93. The van der Waals surface area contributed by atoms with Gasteiger partial charge in [-0.25, -0.2) is 19.9 Å². The second-order valence-electron chi connectivity index (χ2n) is 10.4. The number of fused-ring (bicyclic) bond motifs is 2. The van der Waals surface area contributed by atoms with Gasteiger partial charge in [0.2, 0.25) is 0 Å². The fourth-order valence-electron chi connectivity index (χ4n) is 4.54. The van der Waals surface area contributed by atoms with Gasteiger partial charge in [0.15, 0.2) is 11.3 Å². The van der Waals surface area contributed by atoms with Crippen LogP contribution in [0, 0.1) is 19.8 Å². The predicted octanol–water partition coefficient (Wildman–Crippen LogP) is 7.12. The molecule has 0 amide bonds. The van der Waals surface area contributed by atoms with Crippen LogP contribution in [0.3, 0.4) is 0 Å². The highest BCUT2D eigenvalue weighted by molar-refractivity contribution is 9.10. The van der Waals surface area contributed by atoms with E-state index in [9.17, 15) is 13.2 Å². The smallest absolute Gasteiger partial charge is 0.419 e. The number of hydrogen-bond acceptors (Lipinski definition) is 6. The summed E-state index contributed by atoms with van der Waals surface area (Å²) in [6.45, 7) is 9.47. The highest BCUT2D eigenvalue weighted by Gasteiger charge is 2.35. The first-order valence-electron chi connectivity index (χ1n) is 12.6. The van der Waals surface area contributed by atoms with Crippen molar-refractivity contribution in [2.24, 2.45) is 11.7 Å². The van der Waals surface area contributed by atoms with Crippen molar-refractivity contribution < 1.29 is 17.9 Å². The van der Waals surface area contributed by atoms with E-state index in [0.717, 1.165) is 27.5 Å². The highest BCUT2D eigenvalue weighted by Crippen LogP contribution is 2.40. The number of aromatic amines is 2. The van der Waals surface area contributed by atoms with Crippen LogP contribution in [0.15, 0.2) is 47.2 Å². The van der Waals surface area contributed by atoms with E-state index in [2.05, 4.69) is 45.8 Å². The van der Waals surface area contributed by atoms with Crippen LogP contribution in [-0.4, -0.2) is 42.0 Å². The van der Waals surface area contributed by atoms with Crippen molar-refractivity contribution in [2.45, 2.75) is 52.8 Å². The van der Waals surface area contributed by atoms with Crippen LogP contribution in [0.5, 0.6) is 5.75 Å². The zero-order chi connectivity index (χ0) is 29.2. The summed E-state index contributed by atoms with van der Waals surface area (Å²) in [6.07, 6.45) is -0.668. The lowest BCUT2D eigenvalue weighted by Crippen LogP contribution is -2.43. The van der Waals surface area contributed by atoms with Gasteiger partial charge >= 0.3 is 6.18 Å². The number of imidazole rings is 2. The Morgan fingerprint density at radius 2 is 1.55 bits per heavy atom. The van der Waals surface area contributed by atoms with E-state index in [4.69, 9.17) is 10.5 Å². The van der Waals surface area contributed by atoms with E-state index in [1.54, 1.807) is 32.2 Å². The molecule has 0 aliphatic carbocycles. The number of aryl methyl sites for hydroxylation is 2. The van der Waals surface area contributed by atoms with Crippen LogP contribution in [0.1, 0.15) is 44.4 Å². The van der Waals surface area contributed by atoms with Crippen LogP contribution in [0.2, 0.25) is 0 Å². The largest absolute Gasteiger partial charge is 0.491 e. The van der Waals surface area contributed by atoms with Crippen LogP contribution >= 0.6 is 15.9 Å². The van der Waals surface area contributed by atoms with E-state index in [1.807, 2.05) is 26.8 Å². The third-order valence-electron chi connectivity index (χ3n) is 6.00. The minimum absolute atomic E-state index is 0.00709. The van der Waals surface area contributed by atoms with Crippen molar-refractivity contribution in [2.75, 3.05) is 6.61 Å². The number of nitrogens with zero attached hydrogens (tertiary/aromatic N) is 4. The highest BCUT2D eigenvalue weighted by atomic mass is 79.9. The van der Waals surface area contributed by atoms with Gasteiger partial charge in [0.05, 0.1) is 16.6 Å². The summed E-state index contributed by atoms with van der Waals surface area (Å²) in [6, 6.07) is 7.59. The molecule has 4 N–H and O–H groups in total. The van der Waals surface area contributed by atoms with Gasteiger partial charge in [-0.3, -0.25) is 0 Å². The molecule has 1 atom stereocenters. The lowest BCUT2D eigenvalue weighted by molar-refractivity contribution is -0.139. The summed E-state index contributed by atoms with van der Waals surface area (Å²) in [5.41, 5.74) is 8.40. The molecule has 1 aromatic carbocycles. The lowest BCUT2D eigenvalue weighted by Gasteiger charge is -2.27. The number of rotatable bonds is 6. The Morgan fingerprint density at radius 1 is 0.950 bits per heavy atom. The Balaban J connectivity index is 0.000000278. The molecular weight excluding hydrogens is 587 g/mol. The first-order valence-corrected chi connectivity index (χ1v) is 13.4. The molecular formula is C28H31BrF3N7O. The van der Waals surface area contributed by atoms with Crippen molar-refractivity contribution >= 4 is 38.3 Å². The molecule has 0 saturated heterocycles. The first kappa shape index (κ1) is 29.5. The number of hydrogen-bond donors (Lipinski definition) is 3. The SMILES string of the molecule is Cc1nc2nccc(-c3ccc(OC[C@@](C)(N)CC(C)C)c(C(F)(F)F)c3)c2[nH]1.Cc1nc2nccc(Br)c2[nH]1. The zero-order valence-electron chi connectivity index (χ0n) is 22.8. The minimum Gasteiger partial charge on any atom is -0.491 e. The molecule has 5 aromatic rings. The average Bonchev–Trinajstić information content (AvgIpc) is 3.43. The molecule has 40 heavy (non-hydrogen) atoms. The second-order valence-corrected chi connectivity index (χ2v) is 11.3. The Labute approximate surface area is 238 Å². The number of nitrogens with two attached hydrogens (primary N) is 1. The quantitative estimate of drug-likeness (QED) is 0.187. The molecule has 4 heterocycles. The van der Waals surface area contributed by atoms with Crippen molar-refractivity contribution in [3.05, 3.63) is 64.4 Å². The number of nitrogens with one attached hydrogen (secondary N) is 2. The number of alkyl halides is 3. The standard InChI is InChI=1S/C21H25F3N4O.C7H6BrN3/c1-12(2)10-20(4,25)11-29-17-6-5-14(9-16(17)21(22,23)24)15-7-8-26-19-18(15)27-13(3)28-19;1-4-10-6-5(8)2-3-9-7(6)11-4/h5-9,12H,10-11,25H2,1-4H3,(H,26,27,28);2-3H,1H3,(H,9,10,11)/t20-;/m0./s1. The third kappa shape index (κ3) is 6.97. The van der Waals surface area contributed by atoms with Crippen LogP contribution in [-0.2, 0) is 6.18 Å². The molecule has 12 heteroatoms. The molecule has 8 nitrogen and oxygen atoms in total. The summed E-state index contributed by atoms with van der Waals surface area (Å²) in [4.78, 5) is 22.8. The monoisotopic (exact) mass is 617 g/mol. The van der Waals surface area contributed by atoms with Gasteiger partial charge in [-0.2, -0.15) is 13.2 Å². The van der Waals surface area contributed by atoms with Gasteiger partial charge < -0.3 is 20.4 Å². The summed E-state index contributed by atoms with van der Waals surface area (Å²) in [7, 11) is 0. The topological polar surface area (TPSA) is 118 Å². The minimum atomic E-state index is -4.57. The van der Waals surface area contributed by atoms with E-state index in [-0.39, 0.29) is 12.4 Å². The summed E-state index contributed by atoms with van der Waals surface area (Å²) >= 11 is 3.40. The van der Waals surface area contributed by atoms with Gasteiger partial charge in [0.1, 0.15) is 24.0 Å². The fraction of sp³-hybridized carbons (Fsp3) is 0.357. The second kappa shape index (κ2) is 11.5. The Bertz CT molecular complexity index is 1630. The normalized spacial score (nSPS) is 13.4. The molecule has 0 spiro atoms. The van der Waals surface area contributed by atoms with Crippen molar-refractivity contribution in [3.8, 4) is 16.9 Å². The molecule has 5 rings (SSSR count). The van der Waals surface area contributed by atoms with Gasteiger partial charge in [-0.1, -0.05) is 19.9 Å². The van der Waals surface area contributed by atoms with E-state index < -0.39 is 17.3 Å². The van der Waals surface area contributed by atoms with Crippen molar-refractivity contribution in [1.82, 2.24) is 29.9 Å². The molecule has 0 radical (unpaired) electrons. The molecule has 0 fully saturated rings. The van der Waals surface area contributed by atoms with Gasteiger partial charge in [-0.15, -0.1) is 0 Å². The molecule has 0 unspecified atom stereocenters. The number of halogens is 4. The van der Waals surface area contributed by atoms with Crippen LogP contribution < -0.4 is 10.5 Å². The number of aromatic nitrogens is 6. The maximum absolute atomic E-state index is 13.7. The summed E-state index contributed by atoms with van der Waals surface area (Å²) < 4.78 is 47.8. The molecule has 0 bridgehead atoms. The van der Waals surface area contributed by atoms with Crippen molar-refractivity contribution in [3.63, 3.8) is 0 Å². The maximum atomic E-state index is 13.7. The van der Waals surface area contributed by atoms with Crippen LogP contribution in [0.25, 0.3) is 33.5 Å².